The average Bonchev–Trinajstić information content (AvgIpc) is 3.30. The first-order chi connectivity index (χ1) is 21.6. The van der Waals surface area contributed by atoms with E-state index >= 15 is 0 Å². The van der Waals surface area contributed by atoms with Crippen molar-refractivity contribution in [2.75, 3.05) is 13.7 Å². The quantitative estimate of drug-likeness (QED) is 0.173. The summed E-state index contributed by atoms with van der Waals surface area (Å²) in [5, 5.41) is 0.337. The highest BCUT2D eigenvalue weighted by Gasteiger charge is 2.35. The molecule has 8 nitrogen and oxygen atoms in total. The van der Waals surface area contributed by atoms with Gasteiger partial charge in [-0.05, 0) is 75.2 Å². The molecule has 0 unspecified atom stereocenters. The van der Waals surface area contributed by atoms with Gasteiger partial charge in [0.15, 0.2) is 16.3 Å². The van der Waals surface area contributed by atoms with Crippen LogP contribution in [0.2, 0.25) is 5.02 Å². The molecule has 1 atom stereocenters. The summed E-state index contributed by atoms with van der Waals surface area (Å²) in [5.74, 6) is 0.861. The lowest BCUT2D eigenvalue weighted by molar-refractivity contribution is -0.139. The zero-order valence-corrected chi connectivity index (χ0v) is 28.6. The Labute approximate surface area is 278 Å². The van der Waals surface area contributed by atoms with Gasteiger partial charge < -0.3 is 18.9 Å². The van der Waals surface area contributed by atoms with E-state index in [9.17, 15) is 9.59 Å². The SMILES string of the molecule is CCOC(=O)C1=C(C)N=c2s/c(=C/c3cc(Cl)c(OCc4ccc(Br)cc4)c(OC)c3)c(=O)n2[C@H]1c1ccccc1OC(C)C. The minimum Gasteiger partial charge on any atom is -0.493 e. The van der Waals surface area contributed by atoms with Crippen LogP contribution in [-0.4, -0.2) is 30.4 Å². The van der Waals surface area contributed by atoms with Crippen LogP contribution < -0.4 is 29.1 Å². The lowest BCUT2D eigenvalue weighted by Gasteiger charge is -2.26. The Bertz CT molecular complexity index is 1950. The number of allylic oxidation sites excluding steroid dienone is 1. The van der Waals surface area contributed by atoms with Gasteiger partial charge in [0.05, 0.1) is 40.6 Å². The van der Waals surface area contributed by atoms with Crippen molar-refractivity contribution in [1.82, 2.24) is 4.57 Å². The first kappa shape index (κ1) is 32.5. The van der Waals surface area contributed by atoms with Crippen molar-refractivity contribution in [3.8, 4) is 17.2 Å². The maximum absolute atomic E-state index is 14.1. The number of para-hydroxylation sites is 1. The van der Waals surface area contributed by atoms with Gasteiger partial charge in [0.1, 0.15) is 18.4 Å². The monoisotopic (exact) mass is 710 g/mol. The van der Waals surface area contributed by atoms with Crippen LogP contribution in [0.25, 0.3) is 6.08 Å². The fraction of sp³-hybridized carbons (Fsp3) is 0.265. The Balaban J connectivity index is 1.60. The molecule has 11 heteroatoms. The molecule has 45 heavy (non-hydrogen) atoms. The van der Waals surface area contributed by atoms with Gasteiger partial charge in [-0.25, -0.2) is 9.79 Å². The van der Waals surface area contributed by atoms with Gasteiger partial charge in [-0.1, -0.05) is 69.2 Å². The highest BCUT2D eigenvalue weighted by Crippen LogP contribution is 2.38. The van der Waals surface area contributed by atoms with Crippen LogP contribution in [0, 0.1) is 0 Å². The molecule has 0 spiro atoms. The van der Waals surface area contributed by atoms with Crippen molar-refractivity contribution in [1.29, 1.82) is 0 Å². The second kappa shape index (κ2) is 14.1. The third kappa shape index (κ3) is 7.03. The predicted molar refractivity (Wildman–Crippen MR) is 179 cm³/mol. The third-order valence-corrected chi connectivity index (χ3v) is 8.73. The number of carbonyl (C=O) groups is 1. The van der Waals surface area contributed by atoms with E-state index in [0.29, 0.717) is 55.0 Å². The third-order valence-electron chi connectivity index (χ3n) is 6.94. The average molecular weight is 712 g/mol. The molecule has 0 saturated carbocycles. The highest BCUT2D eigenvalue weighted by molar-refractivity contribution is 9.10. The standard InChI is InChI=1S/C34H32BrClN2O6S/c1-6-42-33(40)29-20(4)37-34-38(30(29)24-9-7-8-10-26(24)44-19(2)3)32(39)28(45-34)17-22-15-25(36)31(27(16-22)41-5)43-18-21-11-13-23(35)14-12-21/h7-17,19,30H,6,18H2,1-5H3/b28-17+/t30-/m0/s1. The van der Waals surface area contributed by atoms with E-state index in [-0.39, 0.29) is 23.8 Å². The van der Waals surface area contributed by atoms with Crippen molar-refractivity contribution in [3.63, 3.8) is 0 Å². The fourth-order valence-electron chi connectivity index (χ4n) is 5.00. The molecular formula is C34H32BrClN2O6S. The Hall–Kier alpha value is -3.86. The lowest BCUT2D eigenvalue weighted by Crippen LogP contribution is -2.40. The van der Waals surface area contributed by atoms with E-state index in [2.05, 4.69) is 20.9 Å². The van der Waals surface area contributed by atoms with Gasteiger partial charge in [0.2, 0.25) is 0 Å². The highest BCUT2D eigenvalue weighted by atomic mass is 79.9. The number of methoxy groups -OCH3 is 1. The van der Waals surface area contributed by atoms with E-state index in [1.165, 1.54) is 23.0 Å². The number of aromatic nitrogens is 1. The van der Waals surface area contributed by atoms with Crippen LogP contribution in [0.4, 0.5) is 0 Å². The molecule has 0 radical (unpaired) electrons. The summed E-state index contributed by atoms with van der Waals surface area (Å²) in [5.41, 5.74) is 2.71. The number of halogens is 2. The number of thiazole rings is 1. The number of rotatable bonds is 10. The predicted octanol–water partition coefficient (Wildman–Crippen LogP) is 6.59. The first-order valence-electron chi connectivity index (χ1n) is 14.3. The number of fused-ring (bicyclic) bond motifs is 1. The number of hydrogen-bond acceptors (Lipinski definition) is 8. The van der Waals surface area contributed by atoms with Crippen molar-refractivity contribution in [3.05, 3.63) is 118 Å². The molecule has 2 heterocycles. The topological polar surface area (TPSA) is 88.4 Å². The van der Waals surface area contributed by atoms with Crippen LogP contribution in [0.5, 0.6) is 17.2 Å². The molecule has 5 rings (SSSR count). The Morgan fingerprint density at radius 1 is 1.13 bits per heavy atom. The van der Waals surface area contributed by atoms with Crippen molar-refractivity contribution >= 4 is 50.9 Å². The Kier molecular flexibility index (Phi) is 10.2. The maximum atomic E-state index is 14.1. The fourth-order valence-corrected chi connectivity index (χ4v) is 6.59. The zero-order chi connectivity index (χ0) is 32.2. The molecule has 0 saturated heterocycles. The summed E-state index contributed by atoms with van der Waals surface area (Å²) in [6.07, 6.45) is 1.60. The number of carbonyl (C=O) groups excluding carboxylic acids is 1. The molecule has 0 amide bonds. The summed E-state index contributed by atoms with van der Waals surface area (Å²) >= 11 is 11.3. The van der Waals surface area contributed by atoms with Crippen LogP contribution in [-0.2, 0) is 16.1 Å². The number of ether oxygens (including phenoxy) is 4. The van der Waals surface area contributed by atoms with Gasteiger partial charge >= 0.3 is 5.97 Å². The van der Waals surface area contributed by atoms with Crippen molar-refractivity contribution in [2.24, 2.45) is 4.99 Å². The van der Waals surface area contributed by atoms with E-state index in [1.54, 1.807) is 32.1 Å². The van der Waals surface area contributed by atoms with Gasteiger partial charge in [-0.15, -0.1) is 0 Å². The number of hydrogen-bond donors (Lipinski definition) is 0. The molecular weight excluding hydrogens is 680 g/mol. The molecule has 4 aromatic rings. The largest absolute Gasteiger partial charge is 0.493 e. The van der Waals surface area contributed by atoms with Gasteiger partial charge in [-0.3, -0.25) is 9.36 Å². The summed E-state index contributed by atoms with van der Waals surface area (Å²) < 4.78 is 26.1. The lowest BCUT2D eigenvalue weighted by atomic mass is 9.95. The van der Waals surface area contributed by atoms with E-state index in [1.807, 2.05) is 62.4 Å². The number of benzene rings is 3. The maximum Gasteiger partial charge on any atom is 0.338 e. The molecule has 3 aromatic carbocycles. The summed E-state index contributed by atoms with van der Waals surface area (Å²) in [6.45, 7) is 7.82. The molecule has 0 N–H and O–H groups in total. The van der Waals surface area contributed by atoms with Crippen LogP contribution in [0.3, 0.4) is 0 Å². The van der Waals surface area contributed by atoms with Gasteiger partial charge in [0, 0.05) is 10.0 Å². The minimum absolute atomic E-state index is 0.125. The van der Waals surface area contributed by atoms with Crippen LogP contribution in [0.1, 0.15) is 50.4 Å². The van der Waals surface area contributed by atoms with Gasteiger partial charge in [0.25, 0.3) is 5.56 Å². The van der Waals surface area contributed by atoms with Crippen molar-refractivity contribution in [2.45, 2.75) is 46.4 Å². The van der Waals surface area contributed by atoms with E-state index in [0.717, 1.165) is 10.0 Å². The zero-order valence-electron chi connectivity index (χ0n) is 25.4. The first-order valence-corrected chi connectivity index (χ1v) is 16.3. The smallest absolute Gasteiger partial charge is 0.338 e. The second-order valence-electron chi connectivity index (χ2n) is 10.5. The molecule has 234 valence electrons. The summed E-state index contributed by atoms with van der Waals surface area (Å²) in [4.78, 5) is 32.6. The summed E-state index contributed by atoms with van der Waals surface area (Å²) in [6, 6.07) is 17.9. The number of nitrogens with zero attached hydrogens (tertiary/aromatic N) is 2. The molecule has 0 fully saturated rings. The molecule has 1 aliphatic rings. The Morgan fingerprint density at radius 2 is 1.87 bits per heavy atom. The van der Waals surface area contributed by atoms with Gasteiger partial charge in [-0.2, -0.15) is 0 Å². The van der Waals surface area contributed by atoms with E-state index in [4.69, 9.17) is 30.5 Å². The molecule has 0 aliphatic carbocycles. The normalized spacial score (nSPS) is 14.7. The van der Waals surface area contributed by atoms with Crippen molar-refractivity contribution < 1.29 is 23.7 Å². The number of esters is 1. The molecule has 0 bridgehead atoms. The second-order valence-corrected chi connectivity index (χ2v) is 12.8. The van der Waals surface area contributed by atoms with Crippen LogP contribution >= 0.6 is 38.9 Å². The van der Waals surface area contributed by atoms with Crippen LogP contribution in [0.15, 0.2) is 86.2 Å². The van der Waals surface area contributed by atoms with E-state index < -0.39 is 12.0 Å². The summed E-state index contributed by atoms with van der Waals surface area (Å²) in [7, 11) is 1.53. The molecule has 1 aliphatic heterocycles. The Morgan fingerprint density at radius 3 is 2.56 bits per heavy atom. The molecule has 1 aromatic heterocycles. The minimum atomic E-state index is -0.801.